The van der Waals surface area contributed by atoms with Crippen LogP contribution in [0.4, 0.5) is 5.69 Å². The van der Waals surface area contributed by atoms with E-state index < -0.39 is 20.5 Å². The van der Waals surface area contributed by atoms with Gasteiger partial charge in [-0.25, -0.2) is 8.42 Å². The first-order chi connectivity index (χ1) is 14.6. The van der Waals surface area contributed by atoms with Crippen LogP contribution >= 0.6 is 0 Å². The summed E-state index contributed by atoms with van der Waals surface area (Å²) in [5.74, 6) is -0.984. The molecule has 0 radical (unpaired) electrons. The Morgan fingerprint density at radius 1 is 0.903 bits per heavy atom. The largest absolute Gasteiger partial charge is 0.346 e. The van der Waals surface area contributed by atoms with Crippen molar-refractivity contribution in [2.75, 3.05) is 11.9 Å². The molecule has 2 N–H and O–H groups in total. The normalized spacial score (nSPS) is 15.5. The van der Waals surface area contributed by atoms with Gasteiger partial charge in [-0.3, -0.25) is 9.59 Å². The Labute approximate surface area is 184 Å². The second kappa shape index (κ2) is 8.83. The van der Waals surface area contributed by atoms with Gasteiger partial charge < -0.3 is 10.6 Å². The first-order valence-corrected chi connectivity index (χ1v) is 12.0. The molecule has 3 rings (SSSR count). The SMILES string of the molecule is Cc1ccc(S(=O)(=O)C2(C(=O)NCC(=O)Nc3c(C)cccc3C)CCCC2)cc1C. The number of amides is 2. The molecular formula is C24H30N2O4S. The molecule has 1 fully saturated rings. The summed E-state index contributed by atoms with van der Waals surface area (Å²) < 4.78 is 25.5. The summed E-state index contributed by atoms with van der Waals surface area (Å²) in [5.41, 5.74) is 4.41. The number of aryl methyl sites for hydroxylation is 4. The fourth-order valence-corrected chi connectivity index (χ4v) is 6.36. The molecule has 0 heterocycles. The van der Waals surface area contributed by atoms with Crippen LogP contribution in [0.2, 0.25) is 0 Å². The number of carbonyl (C=O) groups is 2. The van der Waals surface area contributed by atoms with Gasteiger partial charge in [0.15, 0.2) is 14.6 Å². The Balaban J connectivity index is 1.79. The molecule has 0 aliphatic heterocycles. The second-order valence-corrected chi connectivity index (χ2v) is 10.7. The predicted molar refractivity (Wildman–Crippen MR) is 122 cm³/mol. The van der Waals surface area contributed by atoms with E-state index in [1.54, 1.807) is 18.2 Å². The molecule has 2 aromatic carbocycles. The van der Waals surface area contributed by atoms with Gasteiger partial charge in [0.1, 0.15) is 0 Å². The van der Waals surface area contributed by atoms with E-state index in [-0.39, 0.29) is 30.2 Å². The van der Waals surface area contributed by atoms with E-state index in [4.69, 9.17) is 0 Å². The molecule has 1 saturated carbocycles. The summed E-state index contributed by atoms with van der Waals surface area (Å²) in [6.07, 6.45) is 1.83. The van der Waals surface area contributed by atoms with E-state index in [1.165, 1.54) is 0 Å². The van der Waals surface area contributed by atoms with Crippen LogP contribution in [0.15, 0.2) is 41.3 Å². The van der Waals surface area contributed by atoms with Crippen molar-refractivity contribution in [3.05, 3.63) is 58.7 Å². The fourth-order valence-electron chi connectivity index (χ4n) is 4.19. The van der Waals surface area contributed by atoms with Crippen LogP contribution in [0.5, 0.6) is 0 Å². The minimum absolute atomic E-state index is 0.160. The van der Waals surface area contributed by atoms with E-state index in [2.05, 4.69) is 10.6 Å². The summed E-state index contributed by atoms with van der Waals surface area (Å²) in [4.78, 5) is 25.8. The number of sulfone groups is 1. The van der Waals surface area contributed by atoms with Crippen LogP contribution in [0.1, 0.15) is 47.9 Å². The van der Waals surface area contributed by atoms with E-state index >= 15 is 0 Å². The zero-order valence-corrected chi connectivity index (χ0v) is 19.4. The number of nitrogens with one attached hydrogen (secondary N) is 2. The molecule has 0 bridgehead atoms. The van der Waals surface area contributed by atoms with Crippen molar-refractivity contribution >= 4 is 27.3 Å². The van der Waals surface area contributed by atoms with Crippen molar-refractivity contribution in [1.82, 2.24) is 5.32 Å². The average molecular weight is 443 g/mol. The Morgan fingerprint density at radius 2 is 1.52 bits per heavy atom. The van der Waals surface area contributed by atoms with Crippen molar-refractivity contribution in [3.63, 3.8) is 0 Å². The van der Waals surface area contributed by atoms with Crippen LogP contribution in [0, 0.1) is 27.7 Å². The van der Waals surface area contributed by atoms with Gasteiger partial charge in [-0.15, -0.1) is 0 Å². The molecule has 0 spiro atoms. The van der Waals surface area contributed by atoms with E-state index in [0.717, 1.165) is 22.3 Å². The van der Waals surface area contributed by atoms with Crippen LogP contribution < -0.4 is 10.6 Å². The molecule has 6 nitrogen and oxygen atoms in total. The molecule has 0 saturated heterocycles. The molecule has 31 heavy (non-hydrogen) atoms. The summed E-state index contributed by atoms with van der Waals surface area (Å²) in [7, 11) is -3.90. The van der Waals surface area contributed by atoms with Crippen molar-refractivity contribution in [3.8, 4) is 0 Å². The topological polar surface area (TPSA) is 92.3 Å². The average Bonchev–Trinajstić information content (AvgIpc) is 3.23. The Bertz CT molecular complexity index is 1100. The van der Waals surface area contributed by atoms with Crippen molar-refractivity contribution in [2.24, 2.45) is 0 Å². The smallest absolute Gasteiger partial charge is 0.243 e. The van der Waals surface area contributed by atoms with E-state index in [0.29, 0.717) is 18.5 Å². The van der Waals surface area contributed by atoms with Gasteiger partial charge in [-0.05, 0) is 74.9 Å². The number of hydrogen-bond donors (Lipinski definition) is 2. The Kier molecular flexibility index (Phi) is 6.55. The maximum absolute atomic E-state index is 13.5. The lowest BCUT2D eigenvalue weighted by Gasteiger charge is -2.28. The van der Waals surface area contributed by atoms with Crippen LogP contribution in [0.3, 0.4) is 0 Å². The molecule has 1 aliphatic carbocycles. The Morgan fingerprint density at radius 3 is 2.10 bits per heavy atom. The quantitative estimate of drug-likeness (QED) is 0.712. The molecule has 0 atom stereocenters. The summed E-state index contributed by atoms with van der Waals surface area (Å²) in [6.45, 7) is 7.28. The maximum Gasteiger partial charge on any atom is 0.243 e. The maximum atomic E-state index is 13.5. The lowest BCUT2D eigenvalue weighted by molar-refractivity contribution is -0.126. The first kappa shape index (κ1) is 23.0. The molecule has 166 valence electrons. The zero-order valence-electron chi connectivity index (χ0n) is 18.5. The van der Waals surface area contributed by atoms with Crippen molar-refractivity contribution in [2.45, 2.75) is 63.0 Å². The number of rotatable bonds is 6. The third-order valence-corrected chi connectivity index (χ3v) is 8.78. The minimum Gasteiger partial charge on any atom is -0.346 e. The number of carbonyl (C=O) groups excluding carboxylic acids is 2. The van der Waals surface area contributed by atoms with Crippen LogP contribution in [-0.2, 0) is 19.4 Å². The highest BCUT2D eigenvalue weighted by atomic mass is 32.2. The van der Waals surface area contributed by atoms with Gasteiger partial charge in [0, 0.05) is 5.69 Å². The first-order valence-electron chi connectivity index (χ1n) is 10.5. The molecular weight excluding hydrogens is 412 g/mol. The van der Waals surface area contributed by atoms with Gasteiger partial charge >= 0.3 is 0 Å². The van der Waals surface area contributed by atoms with Crippen molar-refractivity contribution < 1.29 is 18.0 Å². The standard InChI is InChI=1S/C24H30N2O4S/c1-16-10-11-20(14-19(16)4)31(29,30)24(12-5-6-13-24)23(28)25-15-21(27)26-22-17(2)8-7-9-18(22)3/h7-11,14H,5-6,12-13,15H2,1-4H3,(H,25,28)(H,26,27). The number of anilines is 1. The van der Waals surface area contributed by atoms with E-state index in [9.17, 15) is 18.0 Å². The highest BCUT2D eigenvalue weighted by molar-refractivity contribution is 7.93. The van der Waals surface area contributed by atoms with Gasteiger partial charge in [0.2, 0.25) is 11.8 Å². The molecule has 7 heteroatoms. The molecule has 0 aromatic heterocycles. The molecule has 0 unspecified atom stereocenters. The third-order valence-electron chi connectivity index (χ3n) is 6.28. The summed E-state index contributed by atoms with van der Waals surface area (Å²) in [6, 6.07) is 10.7. The number of benzene rings is 2. The number of para-hydroxylation sites is 1. The van der Waals surface area contributed by atoms with Gasteiger partial charge in [-0.1, -0.05) is 37.1 Å². The lowest BCUT2D eigenvalue weighted by atomic mass is 10.1. The second-order valence-electron chi connectivity index (χ2n) is 8.45. The highest BCUT2D eigenvalue weighted by Crippen LogP contribution is 2.41. The van der Waals surface area contributed by atoms with Gasteiger partial charge in [0.25, 0.3) is 0 Å². The molecule has 2 aromatic rings. The Hall–Kier alpha value is -2.67. The summed E-state index contributed by atoms with van der Waals surface area (Å²) >= 11 is 0. The van der Waals surface area contributed by atoms with E-state index in [1.807, 2.05) is 45.9 Å². The van der Waals surface area contributed by atoms with Crippen molar-refractivity contribution in [1.29, 1.82) is 0 Å². The minimum atomic E-state index is -3.90. The molecule has 2 amide bonds. The van der Waals surface area contributed by atoms with Crippen LogP contribution in [-0.4, -0.2) is 31.5 Å². The number of hydrogen-bond acceptors (Lipinski definition) is 4. The summed E-state index contributed by atoms with van der Waals surface area (Å²) in [5, 5.41) is 5.41. The third kappa shape index (κ3) is 4.37. The highest BCUT2D eigenvalue weighted by Gasteiger charge is 2.52. The molecule has 1 aliphatic rings. The van der Waals surface area contributed by atoms with Gasteiger partial charge in [0.05, 0.1) is 11.4 Å². The predicted octanol–water partition coefficient (Wildman–Crippen LogP) is 3.76. The van der Waals surface area contributed by atoms with Gasteiger partial charge in [-0.2, -0.15) is 0 Å². The monoisotopic (exact) mass is 442 g/mol. The lowest BCUT2D eigenvalue weighted by Crippen LogP contribution is -2.52. The van der Waals surface area contributed by atoms with Crippen LogP contribution in [0.25, 0.3) is 0 Å². The zero-order chi connectivity index (χ0) is 22.8. The fraction of sp³-hybridized carbons (Fsp3) is 0.417.